The van der Waals surface area contributed by atoms with Crippen LogP contribution in [0.15, 0.2) is 68.5 Å². The summed E-state index contributed by atoms with van der Waals surface area (Å²) in [6.07, 6.45) is 4.43. The maximum Gasteiger partial charge on any atom is 0.185 e. The van der Waals surface area contributed by atoms with Crippen molar-refractivity contribution in [3.05, 3.63) is 115 Å². The van der Waals surface area contributed by atoms with Gasteiger partial charge < -0.3 is 64.8 Å². The van der Waals surface area contributed by atoms with Crippen molar-refractivity contribution in [2.45, 2.75) is 156 Å². The summed E-state index contributed by atoms with van der Waals surface area (Å²) in [6.45, 7) is 30.3. The molecule has 16 N–H and O–H groups in total. The monoisotopic (exact) mass is 1190 g/mol. The molecule has 0 unspecified atom stereocenters. The standard InChI is InChI=1S/C60H92N12O4.4ClH/c1-57(2,3)45-29-37-25-39-31-46(58(4,5)6)33-41(50(39)74-22-14-18-70-54(63)64)27-43-35-48(60(10,11)12)36-44(52(43)76-24-16-20-72-56(67)68)28-42-34-47(59(7,8)9)32-40(51(42)75-23-15-19-71-55(65)66)26-38(30-45)49(37)73-21-13-17-69-53(61)62;;;;/h29-36H,13-28H2,1-12H3,(H4,61,62,69)(H4,63,64,70)(H4,65,66,71)(H4,67,68,72);4*1H. The molecule has 4 aromatic carbocycles. The van der Waals surface area contributed by atoms with Crippen LogP contribution >= 0.6 is 49.6 Å². The Kier molecular flexibility index (Phi) is 28.5. The molecule has 8 bridgehead atoms. The van der Waals surface area contributed by atoms with Crippen molar-refractivity contribution >= 4 is 73.5 Å². The molecule has 0 heterocycles. The van der Waals surface area contributed by atoms with Gasteiger partial charge in [-0.05, 0) is 88.4 Å². The van der Waals surface area contributed by atoms with Gasteiger partial charge in [0.05, 0.1) is 26.4 Å². The van der Waals surface area contributed by atoms with Crippen LogP contribution < -0.4 is 64.8 Å². The molecule has 0 atom stereocenters. The first-order valence-corrected chi connectivity index (χ1v) is 26.9. The Hall–Kier alpha value is -5.68. The molecule has 0 saturated heterocycles. The Balaban J connectivity index is 0.00000800. The molecule has 448 valence electrons. The Labute approximate surface area is 502 Å². The smallest absolute Gasteiger partial charge is 0.185 e. The van der Waals surface area contributed by atoms with E-state index in [1.807, 2.05) is 0 Å². The highest BCUT2D eigenvalue weighted by Crippen LogP contribution is 2.44. The number of benzene rings is 4. The maximum atomic E-state index is 7.07. The van der Waals surface area contributed by atoms with Crippen molar-refractivity contribution in [1.82, 2.24) is 0 Å². The zero-order valence-corrected chi connectivity index (χ0v) is 52.9. The van der Waals surface area contributed by atoms with Crippen LogP contribution in [0.4, 0.5) is 0 Å². The summed E-state index contributed by atoms with van der Waals surface area (Å²) in [5.74, 6) is 3.43. The molecule has 0 aromatic heterocycles. The minimum absolute atomic E-state index is 0. The van der Waals surface area contributed by atoms with E-state index in [0.717, 1.165) is 67.5 Å². The molecule has 0 fully saturated rings. The zero-order chi connectivity index (χ0) is 56.2. The molecule has 0 aliphatic heterocycles. The van der Waals surface area contributed by atoms with Crippen molar-refractivity contribution < 1.29 is 18.9 Å². The van der Waals surface area contributed by atoms with E-state index < -0.39 is 0 Å². The van der Waals surface area contributed by atoms with Crippen molar-refractivity contribution in [2.24, 2.45) is 65.8 Å². The first kappa shape index (κ1) is 72.3. The summed E-state index contributed by atoms with van der Waals surface area (Å²) >= 11 is 0. The fourth-order valence-corrected chi connectivity index (χ4v) is 9.15. The number of guanidine groups is 4. The average molecular weight is 1190 g/mol. The van der Waals surface area contributed by atoms with Crippen molar-refractivity contribution in [2.75, 3.05) is 52.6 Å². The average Bonchev–Trinajstić information content (AvgIpc) is 3.28. The fourth-order valence-electron chi connectivity index (χ4n) is 9.15. The van der Waals surface area contributed by atoms with Crippen LogP contribution in [-0.2, 0) is 47.3 Å². The van der Waals surface area contributed by atoms with Gasteiger partial charge >= 0.3 is 0 Å². The van der Waals surface area contributed by atoms with Crippen LogP contribution in [-0.4, -0.2) is 76.4 Å². The normalized spacial score (nSPS) is 12.2. The van der Waals surface area contributed by atoms with E-state index in [2.05, 4.69) is 152 Å². The molecule has 80 heavy (non-hydrogen) atoms. The number of rotatable bonds is 20. The van der Waals surface area contributed by atoms with E-state index in [4.69, 9.17) is 64.8 Å². The van der Waals surface area contributed by atoms with Gasteiger partial charge in [-0.15, -0.1) is 49.6 Å². The van der Waals surface area contributed by atoms with Crippen LogP contribution in [0.3, 0.4) is 0 Å². The number of halogens is 4. The number of hydrogen-bond acceptors (Lipinski definition) is 8. The highest BCUT2D eigenvalue weighted by molar-refractivity contribution is 5.86. The third-order valence-electron chi connectivity index (χ3n) is 13.3. The van der Waals surface area contributed by atoms with E-state index in [1.54, 1.807) is 0 Å². The SMILES string of the molecule is CC(C)(C)c1cc2c(OCCCN=C(N)N)c(c1)Cc1cc(C(C)(C)C)cc(c1OCCCN=C(N)N)Cc1cc(C(C)(C)C)cc(c1OCCCN=C(N)N)Cc1cc(C(C)(C)C)cc(c1OCCCN=C(N)N)C2.Cl.Cl.Cl.Cl. The quantitative estimate of drug-likeness (QED) is 0.0205. The second kappa shape index (κ2) is 31.5. The van der Waals surface area contributed by atoms with E-state index in [-0.39, 0.29) is 95.1 Å². The lowest BCUT2D eigenvalue weighted by Gasteiger charge is -2.29. The zero-order valence-electron chi connectivity index (χ0n) is 49.6. The van der Waals surface area contributed by atoms with Gasteiger partial charge in [0.1, 0.15) is 23.0 Å². The molecule has 0 radical (unpaired) electrons. The molecule has 1 aliphatic carbocycles. The minimum atomic E-state index is -0.227. The molecule has 20 heteroatoms. The first-order valence-electron chi connectivity index (χ1n) is 26.9. The number of fused-ring (bicyclic) bond motifs is 8. The summed E-state index contributed by atoms with van der Waals surface area (Å²) in [5, 5.41) is 0. The third-order valence-corrected chi connectivity index (χ3v) is 13.3. The van der Waals surface area contributed by atoms with E-state index >= 15 is 0 Å². The van der Waals surface area contributed by atoms with Crippen LogP contribution in [0.5, 0.6) is 23.0 Å². The Morgan fingerprint density at radius 2 is 0.463 bits per heavy atom. The lowest BCUT2D eigenvalue weighted by molar-refractivity contribution is 0.301. The van der Waals surface area contributed by atoms with E-state index in [9.17, 15) is 0 Å². The summed E-state index contributed by atoms with van der Waals surface area (Å²) < 4.78 is 28.3. The highest BCUT2D eigenvalue weighted by atomic mass is 35.5. The number of aliphatic imine (C=N–C) groups is 4. The van der Waals surface area contributed by atoms with Gasteiger partial charge in [0.25, 0.3) is 0 Å². The van der Waals surface area contributed by atoms with Crippen molar-refractivity contribution in [3.63, 3.8) is 0 Å². The van der Waals surface area contributed by atoms with Gasteiger partial charge in [-0.1, -0.05) is 132 Å². The number of hydrogen-bond donors (Lipinski definition) is 8. The van der Waals surface area contributed by atoms with Crippen LogP contribution in [0.2, 0.25) is 0 Å². The van der Waals surface area contributed by atoms with Crippen LogP contribution in [0.1, 0.15) is 176 Å². The van der Waals surface area contributed by atoms with Gasteiger partial charge in [-0.25, -0.2) is 0 Å². The van der Waals surface area contributed by atoms with E-state index in [1.165, 1.54) is 22.3 Å². The first-order chi connectivity index (χ1) is 35.5. The van der Waals surface area contributed by atoms with Crippen LogP contribution in [0.25, 0.3) is 0 Å². The van der Waals surface area contributed by atoms with E-state index in [0.29, 0.717) is 104 Å². The third kappa shape index (κ3) is 21.7. The molecule has 0 amide bonds. The van der Waals surface area contributed by atoms with Gasteiger partial charge in [0.2, 0.25) is 0 Å². The highest BCUT2D eigenvalue weighted by Gasteiger charge is 2.29. The molecule has 4 aromatic rings. The van der Waals surface area contributed by atoms with Gasteiger partial charge in [-0.2, -0.15) is 0 Å². The largest absolute Gasteiger partial charge is 0.493 e. The van der Waals surface area contributed by atoms with Gasteiger partial charge in [0.15, 0.2) is 23.8 Å². The molecule has 5 rings (SSSR count). The predicted octanol–water partition coefficient (Wildman–Crippen LogP) is 9.41. The van der Waals surface area contributed by atoms with Gasteiger partial charge in [0, 0.05) is 77.5 Å². The molecule has 0 spiro atoms. The lowest BCUT2D eigenvalue weighted by atomic mass is 9.79. The Morgan fingerprint density at radius 3 is 0.588 bits per heavy atom. The topological polar surface area (TPSA) is 295 Å². The maximum absolute atomic E-state index is 7.07. The second-order valence-electron chi connectivity index (χ2n) is 24.2. The molecular formula is C60H96Cl4N12O4. The summed E-state index contributed by atoms with van der Waals surface area (Å²) in [4.78, 5) is 17.1. The van der Waals surface area contributed by atoms with Crippen LogP contribution in [0, 0.1) is 0 Å². The Bertz CT molecular complexity index is 2290. The number of nitrogens with two attached hydrogens (primary N) is 8. The molecular weight excluding hydrogens is 1090 g/mol. The number of nitrogens with zero attached hydrogens (tertiary/aromatic N) is 4. The summed E-state index contributed by atoms with van der Waals surface area (Å²) in [7, 11) is 0. The predicted molar refractivity (Wildman–Crippen MR) is 344 cm³/mol. The minimum Gasteiger partial charge on any atom is -0.493 e. The molecule has 1 aliphatic rings. The summed E-state index contributed by atoms with van der Waals surface area (Å²) in [5.41, 5.74) is 58.3. The molecule has 16 nitrogen and oxygen atoms in total. The van der Waals surface area contributed by atoms with Crippen molar-refractivity contribution in [1.29, 1.82) is 0 Å². The fraction of sp³-hybridized carbons (Fsp3) is 0.533. The van der Waals surface area contributed by atoms with Gasteiger partial charge in [-0.3, -0.25) is 20.0 Å². The summed E-state index contributed by atoms with van der Waals surface area (Å²) in [6, 6.07) is 18.5. The Morgan fingerprint density at radius 1 is 0.312 bits per heavy atom. The second-order valence-corrected chi connectivity index (χ2v) is 24.2. The molecule has 0 saturated carbocycles. The number of ether oxygens (including phenoxy) is 4. The van der Waals surface area contributed by atoms with Crippen molar-refractivity contribution in [3.8, 4) is 23.0 Å². The lowest BCUT2D eigenvalue weighted by Crippen LogP contribution is -2.23.